The Bertz CT molecular complexity index is 805. The van der Waals surface area contributed by atoms with E-state index in [-0.39, 0.29) is 0 Å². The highest BCUT2D eigenvalue weighted by Gasteiger charge is 2.22. The van der Waals surface area contributed by atoms with E-state index in [2.05, 4.69) is 46.7 Å². The molecule has 0 saturated carbocycles. The average molecular weight is 275 g/mol. The maximum Gasteiger partial charge on any atom is 0.0933 e. The zero-order chi connectivity index (χ0) is 14.2. The van der Waals surface area contributed by atoms with Crippen LogP contribution in [-0.4, -0.2) is 4.98 Å². The third-order valence-electron chi connectivity index (χ3n) is 4.21. The van der Waals surface area contributed by atoms with Crippen LogP contribution in [0.1, 0.15) is 23.6 Å². The first kappa shape index (κ1) is 12.2. The Labute approximate surface area is 123 Å². The maximum absolute atomic E-state index is 5.87. The Morgan fingerprint density at radius 2 is 2.00 bits per heavy atom. The van der Waals surface area contributed by atoms with Crippen LogP contribution in [0.2, 0.25) is 0 Å². The summed E-state index contributed by atoms with van der Waals surface area (Å²) in [7, 11) is 0. The number of hydrogen-bond acceptors (Lipinski definition) is 3. The number of nitrogen functional groups attached to an aromatic ring is 1. The molecule has 0 bridgehead atoms. The SMILES string of the molecule is Nc1ccc2c(c1)CCC2Nc1cccc2cccnc12. The van der Waals surface area contributed by atoms with Crippen molar-refractivity contribution in [3.63, 3.8) is 0 Å². The normalized spacial score (nSPS) is 16.9. The number of hydrogen-bond donors (Lipinski definition) is 2. The van der Waals surface area contributed by atoms with E-state index in [0.29, 0.717) is 6.04 Å². The van der Waals surface area contributed by atoms with Crippen molar-refractivity contribution in [2.75, 3.05) is 11.1 Å². The summed E-state index contributed by atoms with van der Waals surface area (Å²) in [4.78, 5) is 4.51. The third-order valence-corrected chi connectivity index (χ3v) is 4.21. The minimum atomic E-state index is 0.341. The smallest absolute Gasteiger partial charge is 0.0933 e. The van der Waals surface area contributed by atoms with Gasteiger partial charge in [-0.15, -0.1) is 0 Å². The highest BCUT2D eigenvalue weighted by Crippen LogP contribution is 2.36. The molecular formula is C18H17N3. The summed E-state index contributed by atoms with van der Waals surface area (Å²) < 4.78 is 0. The van der Waals surface area contributed by atoms with Crippen molar-refractivity contribution in [2.45, 2.75) is 18.9 Å². The van der Waals surface area contributed by atoms with E-state index in [9.17, 15) is 0 Å². The van der Waals surface area contributed by atoms with Gasteiger partial charge in [0.05, 0.1) is 17.2 Å². The molecule has 2 aromatic carbocycles. The lowest BCUT2D eigenvalue weighted by Gasteiger charge is -2.17. The number of para-hydroxylation sites is 1. The van der Waals surface area contributed by atoms with Crippen LogP contribution in [0.5, 0.6) is 0 Å². The van der Waals surface area contributed by atoms with Crippen molar-refractivity contribution in [3.8, 4) is 0 Å². The van der Waals surface area contributed by atoms with Crippen molar-refractivity contribution >= 4 is 22.3 Å². The van der Waals surface area contributed by atoms with Crippen LogP contribution in [0.3, 0.4) is 0 Å². The number of benzene rings is 2. The van der Waals surface area contributed by atoms with Gasteiger partial charge in [-0.25, -0.2) is 0 Å². The first-order valence-electron chi connectivity index (χ1n) is 7.30. The van der Waals surface area contributed by atoms with Crippen LogP contribution >= 0.6 is 0 Å². The van der Waals surface area contributed by atoms with Gasteiger partial charge in [-0.2, -0.15) is 0 Å². The molecule has 3 aromatic rings. The van der Waals surface area contributed by atoms with E-state index < -0.39 is 0 Å². The fraction of sp³-hybridized carbons (Fsp3) is 0.167. The number of pyridine rings is 1. The topological polar surface area (TPSA) is 50.9 Å². The Morgan fingerprint density at radius 3 is 2.95 bits per heavy atom. The number of fused-ring (bicyclic) bond motifs is 2. The first-order valence-corrected chi connectivity index (χ1v) is 7.30. The van der Waals surface area contributed by atoms with Crippen LogP contribution in [0.4, 0.5) is 11.4 Å². The van der Waals surface area contributed by atoms with Crippen molar-refractivity contribution in [1.82, 2.24) is 4.98 Å². The van der Waals surface area contributed by atoms with Gasteiger partial charge in [0.15, 0.2) is 0 Å². The molecule has 3 N–H and O–H groups in total. The highest BCUT2D eigenvalue weighted by atomic mass is 14.9. The van der Waals surface area contributed by atoms with E-state index in [1.165, 1.54) is 11.1 Å². The lowest BCUT2D eigenvalue weighted by molar-refractivity contribution is 0.763. The Hall–Kier alpha value is -2.55. The van der Waals surface area contributed by atoms with E-state index in [0.717, 1.165) is 35.1 Å². The van der Waals surface area contributed by atoms with Crippen molar-refractivity contribution in [2.24, 2.45) is 0 Å². The predicted octanol–water partition coefficient (Wildman–Crippen LogP) is 3.92. The Balaban J connectivity index is 1.71. The monoisotopic (exact) mass is 275 g/mol. The van der Waals surface area contributed by atoms with Crippen LogP contribution < -0.4 is 11.1 Å². The van der Waals surface area contributed by atoms with Gasteiger partial charge in [0.1, 0.15) is 0 Å². The van der Waals surface area contributed by atoms with Crippen LogP contribution in [0.15, 0.2) is 54.7 Å². The van der Waals surface area contributed by atoms with Crippen LogP contribution in [-0.2, 0) is 6.42 Å². The predicted molar refractivity (Wildman–Crippen MR) is 87.3 cm³/mol. The van der Waals surface area contributed by atoms with E-state index in [1.54, 1.807) is 0 Å². The standard InChI is InChI=1S/C18H17N3/c19-14-7-8-15-13(11-14)6-9-16(15)21-17-5-1-3-12-4-2-10-20-18(12)17/h1-5,7-8,10-11,16,21H,6,9,19H2. The first-order chi connectivity index (χ1) is 10.3. The fourth-order valence-corrected chi connectivity index (χ4v) is 3.20. The van der Waals surface area contributed by atoms with Crippen molar-refractivity contribution < 1.29 is 0 Å². The second-order valence-corrected chi connectivity index (χ2v) is 5.57. The van der Waals surface area contributed by atoms with Gasteiger partial charge >= 0.3 is 0 Å². The fourth-order valence-electron chi connectivity index (χ4n) is 3.20. The average Bonchev–Trinajstić information content (AvgIpc) is 2.90. The summed E-state index contributed by atoms with van der Waals surface area (Å²) >= 11 is 0. The van der Waals surface area contributed by atoms with Gasteiger partial charge < -0.3 is 11.1 Å². The van der Waals surface area contributed by atoms with Gasteiger partial charge in [0.25, 0.3) is 0 Å². The number of aryl methyl sites for hydroxylation is 1. The summed E-state index contributed by atoms with van der Waals surface area (Å²) in [6, 6.07) is 16.9. The zero-order valence-electron chi connectivity index (χ0n) is 11.7. The van der Waals surface area contributed by atoms with Gasteiger partial charge in [-0.1, -0.05) is 24.3 Å². The van der Waals surface area contributed by atoms with E-state index >= 15 is 0 Å². The Morgan fingerprint density at radius 1 is 1.10 bits per heavy atom. The van der Waals surface area contributed by atoms with Gasteiger partial charge in [0, 0.05) is 17.3 Å². The van der Waals surface area contributed by atoms with Crippen LogP contribution in [0, 0.1) is 0 Å². The summed E-state index contributed by atoms with van der Waals surface area (Å²) in [5.41, 5.74) is 11.6. The van der Waals surface area contributed by atoms with E-state index in [4.69, 9.17) is 5.73 Å². The molecule has 1 aliphatic carbocycles. The molecule has 21 heavy (non-hydrogen) atoms. The number of nitrogens with zero attached hydrogens (tertiary/aromatic N) is 1. The van der Waals surface area contributed by atoms with Gasteiger partial charge in [-0.3, -0.25) is 4.98 Å². The molecular weight excluding hydrogens is 258 g/mol. The number of nitrogens with two attached hydrogens (primary N) is 1. The zero-order valence-corrected chi connectivity index (χ0v) is 11.7. The van der Waals surface area contributed by atoms with Gasteiger partial charge in [-0.05, 0) is 48.2 Å². The lowest BCUT2D eigenvalue weighted by atomic mass is 10.1. The minimum Gasteiger partial charge on any atom is -0.399 e. The summed E-state index contributed by atoms with van der Waals surface area (Å²) in [5.74, 6) is 0. The summed E-state index contributed by atoms with van der Waals surface area (Å²) in [6.07, 6.45) is 4.02. The molecule has 0 aliphatic heterocycles. The molecule has 1 unspecified atom stereocenters. The molecule has 1 aliphatic rings. The molecule has 1 atom stereocenters. The molecule has 0 saturated heterocycles. The van der Waals surface area contributed by atoms with Crippen molar-refractivity contribution in [1.29, 1.82) is 0 Å². The number of nitrogens with one attached hydrogen (secondary N) is 1. The summed E-state index contributed by atoms with van der Waals surface area (Å²) in [5, 5.41) is 4.82. The molecule has 3 heteroatoms. The lowest BCUT2D eigenvalue weighted by Crippen LogP contribution is -2.07. The second kappa shape index (κ2) is 4.77. The van der Waals surface area contributed by atoms with Crippen LogP contribution in [0.25, 0.3) is 10.9 Å². The number of aromatic nitrogens is 1. The largest absolute Gasteiger partial charge is 0.399 e. The molecule has 0 radical (unpaired) electrons. The quantitative estimate of drug-likeness (QED) is 0.697. The maximum atomic E-state index is 5.87. The molecule has 0 fully saturated rings. The number of rotatable bonds is 2. The molecule has 1 heterocycles. The second-order valence-electron chi connectivity index (χ2n) is 5.57. The molecule has 0 spiro atoms. The Kier molecular flexibility index (Phi) is 2.78. The molecule has 4 rings (SSSR count). The highest BCUT2D eigenvalue weighted by molar-refractivity contribution is 5.90. The molecule has 104 valence electrons. The molecule has 3 nitrogen and oxygen atoms in total. The minimum absolute atomic E-state index is 0.341. The third kappa shape index (κ3) is 2.11. The summed E-state index contributed by atoms with van der Waals surface area (Å²) in [6.45, 7) is 0. The number of anilines is 2. The van der Waals surface area contributed by atoms with Crippen molar-refractivity contribution in [3.05, 3.63) is 65.9 Å². The molecule has 0 amide bonds. The molecule has 1 aromatic heterocycles. The van der Waals surface area contributed by atoms with E-state index in [1.807, 2.05) is 18.3 Å². The van der Waals surface area contributed by atoms with Gasteiger partial charge in [0.2, 0.25) is 0 Å².